The summed E-state index contributed by atoms with van der Waals surface area (Å²) in [4.78, 5) is 13.9. The Morgan fingerprint density at radius 3 is 2.58 bits per heavy atom. The van der Waals surface area contributed by atoms with E-state index in [-0.39, 0.29) is 18.3 Å². The highest BCUT2D eigenvalue weighted by Crippen LogP contribution is 2.29. The molecule has 0 atom stereocenters. The summed E-state index contributed by atoms with van der Waals surface area (Å²) in [5.41, 5.74) is 1.01. The maximum absolute atomic E-state index is 12.0. The van der Waals surface area contributed by atoms with Gasteiger partial charge in [-0.3, -0.25) is 4.79 Å². The molecule has 0 aliphatic heterocycles. The van der Waals surface area contributed by atoms with E-state index in [0.717, 1.165) is 18.4 Å². The number of hydrogen-bond acceptors (Lipinski definition) is 2. The van der Waals surface area contributed by atoms with E-state index in [1.54, 1.807) is 13.1 Å². The molecule has 0 heterocycles. The highest BCUT2D eigenvalue weighted by atomic mass is 35.5. The Hall–Kier alpha value is -0.480. The molecule has 1 amide bonds. The van der Waals surface area contributed by atoms with Gasteiger partial charge in [0.1, 0.15) is 0 Å². The standard InChI is InChI=1S/C13H16Cl2N2O.ClH/c1-16-7-13(18)17(10-3-4-10)8-9-2-5-11(14)12(15)6-9;/h2,5-6,10,16H,3-4,7-8H2,1H3;1H. The van der Waals surface area contributed by atoms with E-state index in [1.807, 2.05) is 17.0 Å². The first kappa shape index (κ1) is 16.6. The van der Waals surface area contributed by atoms with Gasteiger partial charge in [-0.25, -0.2) is 0 Å². The average Bonchev–Trinajstić information content (AvgIpc) is 3.15. The Labute approximate surface area is 129 Å². The normalized spacial score (nSPS) is 13.8. The van der Waals surface area contributed by atoms with Crippen LogP contribution in [0.4, 0.5) is 0 Å². The minimum Gasteiger partial charge on any atom is -0.334 e. The Bertz CT molecular complexity index is 450. The lowest BCUT2D eigenvalue weighted by Crippen LogP contribution is -2.38. The van der Waals surface area contributed by atoms with Gasteiger partial charge in [-0.05, 0) is 37.6 Å². The van der Waals surface area contributed by atoms with E-state index in [4.69, 9.17) is 23.2 Å². The van der Waals surface area contributed by atoms with Gasteiger partial charge in [0.05, 0.1) is 16.6 Å². The molecule has 0 unspecified atom stereocenters. The maximum atomic E-state index is 12.0. The summed E-state index contributed by atoms with van der Waals surface area (Å²) in [5.74, 6) is 0.131. The fourth-order valence-electron chi connectivity index (χ4n) is 1.89. The zero-order valence-corrected chi connectivity index (χ0v) is 13.0. The summed E-state index contributed by atoms with van der Waals surface area (Å²) in [6, 6.07) is 5.90. The van der Waals surface area contributed by atoms with Crippen LogP contribution in [0.3, 0.4) is 0 Å². The third kappa shape index (κ3) is 4.53. The van der Waals surface area contributed by atoms with E-state index in [2.05, 4.69) is 5.32 Å². The molecule has 3 nitrogen and oxygen atoms in total. The van der Waals surface area contributed by atoms with Crippen molar-refractivity contribution in [3.8, 4) is 0 Å². The van der Waals surface area contributed by atoms with Crippen molar-refractivity contribution >= 4 is 41.5 Å². The van der Waals surface area contributed by atoms with Gasteiger partial charge in [-0.2, -0.15) is 0 Å². The molecule has 1 aromatic rings. The molecule has 1 saturated carbocycles. The minimum absolute atomic E-state index is 0. The van der Waals surface area contributed by atoms with Crippen LogP contribution < -0.4 is 5.32 Å². The van der Waals surface area contributed by atoms with Crippen molar-refractivity contribution in [1.82, 2.24) is 10.2 Å². The Morgan fingerprint density at radius 2 is 2.05 bits per heavy atom. The van der Waals surface area contributed by atoms with Gasteiger partial charge >= 0.3 is 0 Å². The topological polar surface area (TPSA) is 32.3 Å². The molecule has 1 N–H and O–H groups in total. The molecule has 2 rings (SSSR count). The van der Waals surface area contributed by atoms with Gasteiger partial charge in [0.25, 0.3) is 0 Å². The van der Waals surface area contributed by atoms with Crippen LogP contribution in [0.5, 0.6) is 0 Å². The molecule has 1 aliphatic rings. The second kappa shape index (κ2) is 7.34. The minimum atomic E-state index is 0. The van der Waals surface area contributed by atoms with Crippen molar-refractivity contribution in [2.24, 2.45) is 0 Å². The van der Waals surface area contributed by atoms with E-state index in [0.29, 0.717) is 29.2 Å². The molecule has 0 aromatic heterocycles. The number of hydrogen-bond donors (Lipinski definition) is 1. The zero-order valence-electron chi connectivity index (χ0n) is 10.7. The van der Waals surface area contributed by atoms with Crippen LogP contribution in [0.2, 0.25) is 10.0 Å². The van der Waals surface area contributed by atoms with E-state index in [1.165, 1.54) is 0 Å². The molecule has 0 radical (unpaired) electrons. The number of likely N-dealkylation sites (N-methyl/N-ethyl adjacent to an activating group) is 1. The van der Waals surface area contributed by atoms with Gasteiger partial charge < -0.3 is 10.2 Å². The highest BCUT2D eigenvalue weighted by Gasteiger charge is 2.32. The lowest BCUT2D eigenvalue weighted by atomic mass is 10.2. The fraction of sp³-hybridized carbons (Fsp3) is 0.462. The largest absolute Gasteiger partial charge is 0.334 e. The number of halogens is 3. The Balaban J connectivity index is 0.00000180. The molecular formula is C13H17Cl3N2O. The average molecular weight is 324 g/mol. The van der Waals surface area contributed by atoms with Crippen molar-refractivity contribution in [2.75, 3.05) is 13.6 Å². The zero-order chi connectivity index (χ0) is 13.1. The molecule has 6 heteroatoms. The number of nitrogens with zero attached hydrogens (tertiary/aromatic N) is 1. The van der Waals surface area contributed by atoms with Crippen LogP contribution in [0.15, 0.2) is 18.2 Å². The van der Waals surface area contributed by atoms with Crippen LogP contribution in [0.1, 0.15) is 18.4 Å². The molecule has 0 bridgehead atoms. The molecule has 1 aromatic carbocycles. The first-order valence-electron chi connectivity index (χ1n) is 6.00. The fourth-order valence-corrected chi connectivity index (χ4v) is 2.22. The number of rotatable bonds is 5. The molecular weight excluding hydrogens is 307 g/mol. The highest BCUT2D eigenvalue weighted by molar-refractivity contribution is 6.42. The van der Waals surface area contributed by atoms with Crippen molar-refractivity contribution in [1.29, 1.82) is 0 Å². The summed E-state index contributed by atoms with van der Waals surface area (Å²) in [6.07, 6.45) is 2.19. The lowest BCUT2D eigenvalue weighted by molar-refractivity contribution is -0.131. The second-order valence-corrected chi connectivity index (χ2v) is 5.35. The second-order valence-electron chi connectivity index (χ2n) is 4.53. The van der Waals surface area contributed by atoms with Gasteiger partial charge in [-0.1, -0.05) is 29.3 Å². The summed E-state index contributed by atoms with van der Waals surface area (Å²) in [6.45, 7) is 0.972. The Morgan fingerprint density at radius 1 is 1.37 bits per heavy atom. The number of amides is 1. The summed E-state index contributed by atoms with van der Waals surface area (Å²) in [7, 11) is 1.78. The Kier molecular flexibility index (Phi) is 6.40. The number of nitrogens with one attached hydrogen (secondary N) is 1. The smallest absolute Gasteiger partial charge is 0.237 e. The van der Waals surface area contributed by atoms with Crippen LogP contribution >= 0.6 is 35.6 Å². The first-order chi connectivity index (χ1) is 8.61. The molecule has 0 spiro atoms. The predicted octanol–water partition coefficient (Wildman–Crippen LogP) is 3.13. The maximum Gasteiger partial charge on any atom is 0.237 e. The van der Waals surface area contributed by atoms with Gasteiger partial charge in [-0.15, -0.1) is 12.4 Å². The quantitative estimate of drug-likeness (QED) is 0.903. The third-order valence-corrected chi connectivity index (χ3v) is 3.71. The summed E-state index contributed by atoms with van der Waals surface area (Å²) < 4.78 is 0. The SMILES string of the molecule is CNCC(=O)N(Cc1ccc(Cl)c(Cl)c1)C1CC1.Cl. The van der Waals surface area contributed by atoms with Crippen molar-refractivity contribution < 1.29 is 4.79 Å². The summed E-state index contributed by atoms with van der Waals surface area (Å²) >= 11 is 11.9. The van der Waals surface area contributed by atoms with E-state index >= 15 is 0 Å². The predicted molar refractivity (Wildman–Crippen MR) is 81.2 cm³/mol. The van der Waals surface area contributed by atoms with Gasteiger partial charge in [0.15, 0.2) is 0 Å². The van der Waals surface area contributed by atoms with Crippen molar-refractivity contribution in [3.63, 3.8) is 0 Å². The molecule has 0 saturated heterocycles. The van der Waals surface area contributed by atoms with E-state index in [9.17, 15) is 4.79 Å². The van der Waals surface area contributed by atoms with Crippen molar-refractivity contribution in [2.45, 2.75) is 25.4 Å². The lowest BCUT2D eigenvalue weighted by Gasteiger charge is -2.22. The van der Waals surface area contributed by atoms with Crippen molar-refractivity contribution in [3.05, 3.63) is 33.8 Å². The molecule has 1 aliphatic carbocycles. The summed E-state index contributed by atoms with van der Waals surface area (Å²) in [5, 5.41) is 3.97. The molecule has 106 valence electrons. The van der Waals surface area contributed by atoms with Gasteiger partial charge in [0.2, 0.25) is 5.91 Å². The van der Waals surface area contributed by atoms with Gasteiger partial charge in [0, 0.05) is 12.6 Å². The van der Waals surface area contributed by atoms with E-state index < -0.39 is 0 Å². The van der Waals surface area contributed by atoms with Crippen LogP contribution in [0.25, 0.3) is 0 Å². The van der Waals surface area contributed by atoms with Crippen LogP contribution in [-0.4, -0.2) is 30.4 Å². The number of carbonyl (C=O) groups is 1. The molecule has 19 heavy (non-hydrogen) atoms. The molecule has 1 fully saturated rings. The van der Waals surface area contributed by atoms with Crippen LogP contribution in [-0.2, 0) is 11.3 Å². The third-order valence-electron chi connectivity index (χ3n) is 2.97. The van der Waals surface area contributed by atoms with Crippen LogP contribution in [0, 0.1) is 0 Å². The monoisotopic (exact) mass is 322 g/mol. The number of benzene rings is 1. The number of carbonyl (C=O) groups excluding carboxylic acids is 1. The first-order valence-corrected chi connectivity index (χ1v) is 6.75.